The van der Waals surface area contributed by atoms with Crippen LogP contribution in [-0.2, 0) is 11.3 Å². The number of aromatic nitrogens is 6. The molecule has 4 heterocycles. The van der Waals surface area contributed by atoms with E-state index in [4.69, 9.17) is 4.74 Å². The first-order chi connectivity index (χ1) is 11.3. The third-order valence-corrected chi connectivity index (χ3v) is 4.17. The first-order valence-corrected chi connectivity index (χ1v) is 7.89. The molecule has 8 heteroatoms. The van der Waals surface area contributed by atoms with Crippen LogP contribution in [0.25, 0.3) is 11.2 Å². The van der Waals surface area contributed by atoms with E-state index < -0.39 is 0 Å². The number of imidazole rings is 1. The maximum atomic E-state index is 6.02. The highest BCUT2D eigenvalue weighted by atomic mass is 16.5. The molecule has 0 unspecified atom stereocenters. The van der Waals surface area contributed by atoms with Crippen LogP contribution in [0.2, 0.25) is 0 Å². The number of anilines is 1. The molecular weight excluding hydrogens is 294 g/mol. The van der Waals surface area contributed by atoms with E-state index in [0.717, 1.165) is 42.9 Å². The molecule has 0 aliphatic carbocycles. The Bertz CT molecular complexity index is 796. The fourth-order valence-corrected chi connectivity index (χ4v) is 3.01. The summed E-state index contributed by atoms with van der Waals surface area (Å²) >= 11 is 0. The van der Waals surface area contributed by atoms with Crippen molar-refractivity contribution < 1.29 is 4.74 Å². The lowest BCUT2D eigenvalue weighted by atomic mass is 9.98. The van der Waals surface area contributed by atoms with E-state index in [2.05, 4.69) is 43.5 Å². The molecule has 0 radical (unpaired) electrons. The van der Waals surface area contributed by atoms with Crippen LogP contribution >= 0.6 is 0 Å². The van der Waals surface area contributed by atoms with Crippen LogP contribution in [0, 0.1) is 0 Å². The fraction of sp³-hybridized carbons (Fsp3) is 0.467. The Morgan fingerprint density at radius 2 is 2.35 bits per heavy atom. The van der Waals surface area contributed by atoms with Crippen molar-refractivity contribution in [3.05, 3.63) is 30.6 Å². The molecule has 0 amide bonds. The van der Waals surface area contributed by atoms with Crippen LogP contribution < -0.4 is 5.32 Å². The molecule has 23 heavy (non-hydrogen) atoms. The SMILES string of the molecule is CCn1cc([C@H]2OCCC[C@@H]2Nc2ncnc3nc[nH]c23)cn1. The van der Waals surface area contributed by atoms with Gasteiger partial charge < -0.3 is 15.0 Å². The Morgan fingerprint density at radius 3 is 3.22 bits per heavy atom. The normalized spacial score (nSPS) is 21.6. The summed E-state index contributed by atoms with van der Waals surface area (Å²) in [6.07, 6.45) is 9.10. The van der Waals surface area contributed by atoms with Crippen molar-refractivity contribution in [2.45, 2.75) is 38.5 Å². The number of aryl methyl sites for hydroxylation is 1. The van der Waals surface area contributed by atoms with Gasteiger partial charge in [0, 0.05) is 24.9 Å². The zero-order valence-electron chi connectivity index (χ0n) is 12.9. The molecule has 0 aromatic carbocycles. The first kappa shape index (κ1) is 14.1. The summed E-state index contributed by atoms with van der Waals surface area (Å²) in [5.74, 6) is 0.760. The van der Waals surface area contributed by atoms with E-state index >= 15 is 0 Å². The number of H-pyrrole nitrogens is 1. The standard InChI is InChI=1S/C15H19N7O/c1-2-22-7-10(6-20-22)13-11(4-3-5-23-13)21-15-12-14(17-8-16-12)18-9-19-15/h6-9,11,13H,2-5H2,1H3,(H2,16,17,18,19,21)/t11-,13+/m0/s1. The van der Waals surface area contributed by atoms with Crippen LogP contribution in [0.3, 0.4) is 0 Å². The van der Waals surface area contributed by atoms with Gasteiger partial charge in [-0.1, -0.05) is 0 Å². The van der Waals surface area contributed by atoms with E-state index in [0.29, 0.717) is 5.65 Å². The van der Waals surface area contributed by atoms with Crippen molar-refractivity contribution in [1.82, 2.24) is 29.7 Å². The van der Waals surface area contributed by atoms with E-state index in [1.54, 1.807) is 6.33 Å². The Kier molecular flexibility index (Phi) is 3.66. The highest BCUT2D eigenvalue weighted by Gasteiger charge is 2.29. The fourth-order valence-electron chi connectivity index (χ4n) is 3.01. The number of hydrogen-bond acceptors (Lipinski definition) is 6. The second-order valence-corrected chi connectivity index (χ2v) is 5.64. The van der Waals surface area contributed by atoms with Crippen molar-refractivity contribution in [3.8, 4) is 0 Å². The number of nitrogens with zero attached hydrogens (tertiary/aromatic N) is 5. The average molecular weight is 313 g/mol. The lowest BCUT2D eigenvalue weighted by Crippen LogP contribution is -2.34. The van der Waals surface area contributed by atoms with Gasteiger partial charge in [0.1, 0.15) is 17.9 Å². The summed E-state index contributed by atoms with van der Waals surface area (Å²) in [5.41, 5.74) is 2.58. The average Bonchev–Trinajstić information content (AvgIpc) is 3.25. The second-order valence-electron chi connectivity index (χ2n) is 5.64. The zero-order valence-corrected chi connectivity index (χ0v) is 12.9. The van der Waals surface area contributed by atoms with Crippen LogP contribution in [0.15, 0.2) is 25.0 Å². The van der Waals surface area contributed by atoms with E-state index in [-0.39, 0.29) is 12.1 Å². The lowest BCUT2D eigenvalue weighted by Gasteiger charge is -2.32. The molecule has 4 rings (SSSR count). The van der Waals surface area contributed by atoms with Crippen LogP contribution in [0.4, 0.5) is 5.82 Å². The Labute approximate surface area is 133 Å². The maximum Gasteiger partial charge on any atom is 0.182 e. The molecule has 0 saturated carbocycles. The van der Waals surface area contributed by atoms with Gasteiger partial charge in [-0.15, -0.1) is 0 Å². The largest absolute Gasteiger partial charge is 0.371 e. The Morgan fingerprint density at radius 1 is 1.39 bits per heavy atom. The maximum absolute atomic E-state index is 6.02. The molecule has 3 aromatic heterocycles. The summed E-state index contributed by atoms with van der Waals surface area (Å²) in [6, 6.07) is 0.139. The van der Waals surface area contributed by atoms with Crippen molar-refractivity contribution in [2.24, 2.45) is 0 Å². The third-order valence-electron chi connectivity index (χ3n) is 4.17. The number of aromatic amines is 1. The number of ether oxygens (including phenoxy) is 1. The molecule has 0 spiro atoms. The van der Waals surface area contributed by atoms with Gasteiger partial charge in [-0.05, 0) is 19.8 Å². The molecule has 2 N–H and O–H groups in total. The van der Waals surface area contributed by atoms with Gasteiger partial charge in [0.2, 0.25) is 0 Å². The molecule has 1 saturated heterocycles. The molecule has 1 fully saturated rings. The molecule has 2 atom stereocenters. The van der Waals surface area contributed by atoms with E-state index in [1.165, 1.54) is 6.33 Å². The van der Waals surface area contributed by atoms with E-state index in [9.17, 15) is 0 Å². The first-order valence-electron chi connectivity index (χ1n) is 7.89. The monoisotopic (exact) mass is 313 g/mol. The summed E-state index contributed by atoms with van der Waals surface area (Å²) in [4.78, 5) is 15.8. The summed E-state index contributed by atoms with van der Waals surface area (Å²) in [7, 11) is 0. The smallest absolute Gasteiger partial charge is 0.182 e. The van der Waals surface area contributed by atoms with Gasteiger partial charge in [0.15, 0.2) is 11.5 Å². The predicted molar refractivity (Wildman–Crippen MR) is 84.9 cm³/mol. The van der Waals surface area contributed by atoms with Gasteiger partial charge in [-0.25, -0.2) is 15.0 Å². The molecule has 0 bridgehead atoms. The number of fused-ring (bicyclic) bond motifs is 1. The molecule has 1 aliphatic heterocycles. The summed E-state index contributed by atoms with van der Waals surface area (Å²) in [5, 5.41) is 7.86. The minimum Gasteiger partial charge on any atom is -0.371 e. The zero-order chi connectivity index (χ0) is 15.6. The lowest BCUT2D eigenvalue weighted by molar-refractivity contribution is 0.00554. The van der Waals surface area contributed by atoms with Crippen molar-refractivity contribution >= 4 is 17.0 Å². The molecule has 8 nitrogen and oxygen atoms in total. The molecule has 1 aliphatic rings. The predicted octanol–water partition coefficient (Wildman–Crippen LogP) is 1.90. The van der Waals surface area contributed by atoms with Crippen LogP contribution in [-0.4, -0.2) is 42.4 Å². The Hall–Kier alpha value is -2.48. The van der Waals surface area contributed by atoms with Crippen molar-refractivity contribution in [3.63, 3.8) is 0 Å². The highest BCUT2D eigenvalue weighted by molar-refractivity contribution is 5.82. The second kappa shape index (κ2) is 5.96. The van der Waals surface area contributed by atoms with Gasteiger partial charge >= 0.3 is 0 Å². The van der Waals surface area contributed by atoms with Crippen LogP contribution in [0.5, 0.6) is 0 Å². The van der Waals surface area contributed by atoms with Gasteiger partial charge in [-0.2, -0.15) is 5.10 Å². The minimum absolute atomic E-state index is 0.0306. The van der Waals surface area contributed by atoms with Crippen molar-refractivity contribution in [2.75, 3.05) is 11.9 Å². The topological polar surface area (TPSA) is 93.5 Å². The van der Waals surface area contributed by atoms with Crippen molar-refractivity contribution in [1.29, 1.82) is 0 Å². The number of rotatable bonds is 4. The van der Waals surface area contributed by atoms with Crippen LogP contribution in [0.1, 0.15) is 31.4 Å². The molecular formula is C15H19N7O. The van der Waals surface area contributed by atoms with E-state index in [1.807, 2.05) is 10.9 Å². The number of hydrogen-bond donors (Lipinski definition) is 2. The molecule has 3 aromatic rings. The summed E-state index contributed by atoms with van der Waals surface area (Å²) < 4.78 is 7.93. The van der Waals surface area contributed by atoms with Gasteiger partial charge in [0.25, 0.3) is 0 Å². The van der Waals surface area contributed by atoms with Gasteiger partial charge in [0.05, 0.1) is 18.6 Å². The summed E-state index contributed by atoms with van der Waals surface area (Å²) in [6.45, 7) is 3.69. The Balaban J connectivity index is 1.61. The minimum atomic E-state index is -0.0306. The van der Waals surface area contributed by atoms with Gasteiger partial charge in [-0.3, -0.25) is 4.68 Å². The third kappa shape index (κ3) is 2.65. The molecule has 120 valence electrons. The number of nitrogens with one attached hydrogen (secondary N) is 2. The highest BCUT2D eigenvalue weighted by Crippen LogP contribution is 2.31. The quantitative estimate of drug-likeness (QED) is 0.764.